The molecule has 1 saturated heterocycles. The van der Waals surface area contributed by atoms with Crippen LogP contribution < -0.4 is 5.32 Å². The highest BCUT2D eigenvalue weighted by Gasteiger charge is 2.41. The minimum absolute atomic E-state index is 0.0243. The summed E-state index contributed by atoms with van der Waals surface area (Å²) < 4.78 is 31.1. The number of nitroso groups, excluding NO2 is 1. The number of aliphatic hydroxyl groups excluding tert-OH is 1. The third-order valence-corrected chi connectivity index (χ3v) is 11.8. The quantitative estimate of drug-likeness (QED) is 0.137. The van der Waals surface area contributed by atoms with Crippen LogP contribution in [0.3, 0.4) is 0 Å². The second-order valence-electron chi connectivity index (χ2n) is 14.3. The molecule has 1 fully saturated rings. The van der Waals surface area contributed by atoms with Crippen LogP contribution in [-0.4, -0.2) is 93.5 Å². The first-order chi connectivity index (χ1) is 25.3. The number of carbonyl (C=O) groups is 2. The number of amides is 3. The van der Waals surface area contributed by atoms with Gasteiger partial charge < -0.3 is 24.8 Å². The summed E-state index contributed by atoms with van der Waals surface area (Å²) in [5, 5.41) is 17.8. The van der Waals surface area contributed by atoms with E-state index in [1.54, 1.807) is 21.9 Å². The highest BCUT2D eigenvalue weighted by atomic mass is 32.2. The molecule has 0 saturated carbocycles. The van der Waals surface area contributed by atoms with Crippen LogP contribution in [0, 0.1) is 16.7 Å². The summed E-state index contributed by atoms with van der Waals surface area (Å²) >= 11 is 0. The summed E-state index contributed by atoms with van der Waals surface area (Å²) in [7, 11) is -2.14. The smallest absolute Gasteiger partial charge is 0.321 e. The van der Waals surface area contributed by atoms with E-state index in [1.165, 1.54) is 16.4 Å². The van der Waals surface area contributed by atoms with Crippen LogP contribution in [0.25, 0.3) is 11.0 Å². The van der Waals surface area contributed by atoms with E-state index in [2.05, 4.69) is 10.5 Å². The molecule has 0 radical (unpaired) electrons. The molecule has 13 nitrogen and oxygen atoms in total. The summed E-state index contributed by atoms with van der Waals surface area (Å²) in [6, 6.07) is 21.2. The van der Waals surface area contributed by atoms with E-state index < -0.39 is 34.1 Å². The molecule has 3 amide bonds. The van der Waals surface area contributed by atoms with Crippen molar-refractivity contribution >= 4 is 33.0 Å². The van der Waals surface area contributed by atoms with Crippen LogP contribution in [0.1, 0.15) is 51.1 Å². The molecule has 1 aromatic heterocycles. The lowest BCUT2D eigenvalue weighted by molar-refractivity contribution is -0.128. The number of para-hydroxylation sites is 2. The number of nitrogens with zero attached hydrogens (tertiary/aromatic N) is 6. The van der Waals surface area contributed by atoms with Gasteiger partial charge in [0.1, 0.15) is 18.4 Å². The maximum absolute atomic E-state index is 14.4. The fraction of sp³-hybridized carbons (Fsp3) is 0.462. The summed E-state index contributed by atoms with van der Waals surface area (Å²) in [6.45, 7) is 8.52. The van der Waals surface area contributed by atoms with Crippen LogP contribution in [-0.2, 0) is 41.4 Å². The zero-order valence-corrected chi connectivity index (χ0v) is 31.9. The first-order valence-electron chi connectivity index (χ1n) is 18.2. The molecule has 4 atom stereocenters. The number of benzene rings is 3. The molecule has 3 aromatic carbocycles. The van der Waals surface area contributed by atoms with Crippen molar-refractivity contribution in [1.82, 2.24) is 29.0 Å². The van der Waals surface area contributed by atoms with Crippen molar-refractivity contribution in [1.29, 1.82) is 0 Å². The monoisotopic (exact) mass is 745 g/mol. The zero-order chi connectivity index (χ0) is 38.3. The van der Waals surface area contributed by atoms with Crippen molar-refractivity contribution in [3.63, 3.8) is 0 Å². The number of sulfonamides is 1. The number of nitrogens with one attached hydrogen (secondary N) is 1. The first-order valence-corrected chi connectivity index (χ1v) is 19.6. The number of hydrogen-bond acceptors (Lipinski definition) is 8. The Bertz CT molecular complexity index is 1970. The molecule has 284 valence electrons. The number of rotatable bonds is 18. The second-order valence-corrected chi connectivity index (χ2v) is 16.3. The van der Waals surface area contributed by atoms with E-state index in [0.717, 1.165) is 22.4 Å². The van der Waals surface area contributed by atoms with Gasteiger partial charge in [-0.15, -0.1) is 0 Å². The van der Waals surface area contributed by atoms with Crippen LogP contribution in [0.5, 0.6) is 0 Å². The van der Waals surface area contributed by atoms with Crippen molar-refractivity contribution in [3.05, 3.63) is 101 Å². The summed E-state index contributed by atoms with van der Waals surface area (Å²) in [6.07, 6.45) is -0.440. The van der Waals surface area contributed by atoms with Gasteiger partial charge in [-0.2, -0.15) is 9.21 Å². The fourth-order valence-corrected chi connectivity index (χ4v) is 8.49. The molecule has 1 aliphatic rings. The standard InChI is InChI=1S/C39H51N7O6S/c1-6-28(4)37(46-21-20-44(39(46)49)26-36-41-32-14-10-11-15-34(32)43(36)5)38(48)42-33(22-29-12-8-7-9-13-29)35(47)25-45(24-27(2)3)53(51,52)31-18-16-30(17-19-31)23-40-50/h7-19,27-28,33,35,37,47H,6,20-26H2,1-5H3,(H,42,48)/t28-,33-,35+,37-/m0/s1. The zero-order valence-electron chi connectivity index (χ0n) is 31.1. The maximum atomic E-state index is 14.4. The first kappa shape index (κ1) is 39.5. The van der Waals surface area contributed by atoms with Crippen molar-refractivity contribution in [2.24, 2.45) is 24.1 Å². The Morgan fingerprint density at radius 1 is 0.962 bits per heavy atom. The molecule has 1 aliphatic heterocycles. The molecule has 0 unspecified atom stereocenters. The predicted octanol–water partition coefficient (Wildman–Crippen LogP) is 4.93. The largest absolute Gasteiger partial charge is 0.390 e. The highest BCUT2D eigenvalue weighted by molar-refractivity contribution is 7.89. The number of hydrogen-bond donors (Lipinski definition) is 2. The SMILES string of the molecule is CC[C@H](C)[C@@H](C(=O)N[C@@H](Cc1ccccc1)[C@H](O)CN(CC(C)C)S(=O)(=O)c1ccc(CN=O)cc1)N1CCN(Cc2nc3ccccc3n2C)C1=O. The molecule has 2 heterocycles. The minimum atomic E-state index is -4.07. The average molecular weight is 746 g/mol. The van der Waals surface area contributed by atoms with E-state index in [1.807, 2.05) is 93.9 Å². The van der Waals surface area contributed by atoms with Crippen molar-refractivity contribution in [2.75, 3.05) is 26.2 Å². The second kappa shape index (κ2) is 17.4. The Kier molecular flexibility index (Phi) is 13.0. The lowest BCUT2D eigenvalue weighted by atomic mass is 9.95. The number of urea groups is 1. The van der Waals surface area contributed by atoms with E-state index in [4.69, 9.17) is 4.98 Å². The normalized spacial score (nSPS) is 16.0. The van der Waals surface area contributed by atoms with Gasteiger partial charge in [-0.05, 0) is 53.6 Å². The van der Waals surface area contributed by atoms with Crippen LogP contribution in [0.4, 0.5) is 4.79 Å². The van der Waals surface area contributed by atoms with Gasteiger partial charge in [0, 0.05) is 33.2 Å². The van der Waals surface area contributed by atoms with Gasteiger partial charge in [-0.1, -0.05) is 93.9 Å². The highest BCUT2D eigenvalue weighted by Crippen LogP contribution is 2.25. The van der Waals surface area contributed by atoms with Crippen molar-refractivity contribution < 1.29 is 23.1 Å². The molecule has 2 N–H and O–H groups in total. The molecule has 0 bridgehead atoms. The van der Waals surface area contributed by atoms with Gasteiger partial charge in [0.2, 0.25) is 15.9 Å². The van der Waals surface area contributed by atoms with Crippen LogP contribution >= 0.6 is 0 Å². The summed E-state index contributed by atoms with van der Waals surface area (Å²) in [5.41, 5.74) is 3.25. The average Bonchev–Trinajstić information content (AvgIpc) is 3.66. The molecule has 14 heteroatoms. The Morgan fingerprint density at radius 2 is 1.64 bits per heavy atom. The molecule has 5 rings (SSSR count). The number of carbonyl (C=O) groups excluding carboxylic acids is 2. The predicted molar refractivity (Wildman–Crippen MR) is 204 cm³/mol. The number of aliphatic hydroxyl groups is 1. The number of aryl methyl sites for hydroxylation is 1. The Hall–Kier alpha value is -4.66. The van der Waals surface area contributed by atoms with Crippen molar-refractivity contribution in [3.8, 4) is 0 Å². The Morgan fingerprint density at radius 3 is 2.28 bits per heavy atom. The van der Waals surface area contributed by atoms with Crippen LogP contribution in [0.2, 0.25) is 0 Å². The number of fused-ring (bicyclic) bond motifs is 1. The Labute approximate surface area is 312 Å². The minimum Gasteiger partial charge on any atom is -0.390 e. The molecule has 4 aromatic rings. The molecular formula is C39H51N7O6S. The van der Waals surface area contributed by atoms with E-state index in [0.29, 0.717) is 31.6 Å². The van der Waals surface area contributed by atoms with E-state index in [9.17, 15) is 28.0 Å². The maximum Gasteiger partial charge on any atom is 0.321 e. The third kappa shape index (κ3) is 9.29. The van der Waals surface area contributed by atoms with Crippen LogP contribution in [0.15, 0.2) is 88.9 Å². The fourth-order valence-electron chi connectivity index (χ4n) is 6.87. The van der Waals surface area contributed by atoms with Gasteiger partial charge in [-0.3, -0.25) is 4.79 Å². The van der Waals surface area contributed by atoms with E-state index >= 15 is 0 Å². The molecule has 0 spiro atoms. The summed E-state index contributed by atoms with van der Waals surface area (Å²) in [5.74, 6) is 0.0572. The lowest BCUT2D eigenvalue weighted by Crippen LogP contribution is -2.57. The molecule has 0 aliphatic carbocycles. The summed E-state index contributed by atoms with van der Waals surface area (Å²) in [4.78, 5) is 47.1. The molecular weight excluding hydrogens is 695 g/mol. The van der Waals surface area contributed by atoms with Gasteiger partial charge >= 0.3 is 6.03 Å². The van der Waals surface area contributed by atoms with E-state index in [-0.39, 0.29) is 48.8 Å². The van der Waals surface area contributed by atoms with Gasteiger partial charge in [0.15, 0.2) is 0 Å². The van der Waals surface area contributed by atoms with Gasteiger partial charge in [-0.25, -0.2) is 18.2 Å². The third-order valence-electron chi connectivity index (χ3n) is 9.98. The molecule has 53 heavy (non-hydrogen) atoms. The number of imidazole rings is 1. The van der Waals surface area contributed by atoms with Gasteiger partial charge in [0.25, 0.3) is 0 Å². The Balaban J connectivity index is 1.38. The lowest BCUT2D eigenvalue weighted by Gasteiger charge is -2.35. The topological polar surface area (TPSA) is 158 Å². The van der Waals surface area contributed by atoms with Crippen molar-refractivity contribution in [2.45, 2.75) is 76.7 Å². The number of aromatic nitrogens is 2. The van der Waals surface area contributed by atoms with Gasteiger partial charge in [0.05, 0.1) is 34.6 Å².